The van der Waals surface area contributed by atoms with Crippen LogP contribution in [0.2, 0.25) is 0 Å². The summed E-state index contributed by atoms with van der Waals surface area (Å²) in [7, 11) is 1.87. The molecule has 1 saturated heterocycles. The van der Waals surface area contributed by atoms with Gasteiger partial charge < -0.3 is 19.9 Å². The van der Waals surface area contributed by atoms with Gasteiger partial charge in [0.25, 0.3) is 5.91 Å². The van der Waals surface area contributed by atoms with Crippen molar-refractivity contribution < 1.29 is 13.9 Å². The van der Waals surface area contributed by atoms with E-state index in [2.05, 4.69) is 22.4 Å². The fourth-order valence-corrected chi connectivity index (χ4v) is 4.75. The molecule has 0 bridgehead atoms. The number of allylic oxidation sites excluding steroid dienone is 1. The van der Waals surface area contributed by atoms with Crippen molar-refractivity contribution in [3.05, 3.63) is 59.7 Å². The number of methoxy groups -OCH3 is 1. The number of hydrogen-bond donors (Lipinski definition) is 1. The van der Waals surface area contributed by atoms with Crippen LogP contribution in [0.5, 0.6) is 5.75 Å². The number of fused-ring (bicyclic) bond motifs is 1. The first-order valence-electron chi connectivity index (χ1n) is 8.65. The summed E-state index contributed by atoms with van der Waals surface area (Å²) < 4.78 is 19.0. The third kappa shape index (κ3) is 3.39. The highest BCUT2D eigenvalue weighted by Gasteiger charge is 2.29. The zero-order chi connectivity index (χ0) is 18.1. The Morgan fingerprint density at radius 1 is 1.27 bits per heavy atom. The molecule has 1 aromatic carbocycles. The van der Waals surface area contributed by atoms with E-state index in [4.69, 9.17) is 4.74 Å². The first-order chi connectivity index (χ1) is 12.6. The molecule has 5 nitrogen and oxygen atoms in total. The van der Waals surface area contributed by atoms with Crippen LogP contribution >= 0.6 is 8.58 Å². The Morgan fingerprint density at radius 3 is 2.85 bits per heavy atom. The van der Waals surface area contributed by atoms with Crippen molar-refractivity contribution in [2.75, 3.05) is 33.3 Å². The minimum atomic E-state index is -0.361. The third-order valence-corrected chi connectivity index (χ3v) is 6.26. The van der Waals surface area contributed by atoms with Crippen LogP contribution in [-0.2, 0) is 4.79 Å². The van der Waals surface area contributed by atoms with Gasteiger partial charge in [-0.15, -0.1) is 0 Å². The van der Waals surface area contributed by atoms with E-state index in [1.807, 2.05) is 6.20 Å². The lowest BCUT2D eigenvalue weighted by molar-refractivity contribution is -0.123. The van der Waals surface area contributed by atoms with Gasteiger partial charge in [-0.05, 0) is 29.1 Å². The quantitative estimate of drug-likeness (QED) is 0.827. The third-order valence-electron chi connectivity index (χ3n) is 4.75. The van der Waals surface area contributed by atoms with Crippen molar-refractivity contribution in [2.45, 2.75) is 5.78 Å². The van der Waals surface area contributed by atoms with E-state index < -0.39 is 0 Å². The first kappa shape index (κ1) is 17.3. The molecular formula is C19H21FN3O2P. The predicted molar refractivity (Wildman–Crippen MR) is 102 cm³/mol. The summed E-state index contributed by atoms with van der Waals surface area (Å²) in [6, 6.07) is 4.57. The summed E-state index contributed by atoms with van der Waals surface area (Å²) in [6.07, 6.45) is 7.75. The number of ether oxygens (including phenoxy) is 1. The summed E-state index contributed by atoms with van der Waals surface area (Å²) in [4.78, 5) is 16.8. The smallest absolute Gasteiger partial charge is 0.252 e. The van der Waals surface area contributed by atoms with Crippen molar-refractivity contribution in [2.24, 2.45) is 0 Å². The van der Waals surface area contributed by atoms with Crippen molar-refractivity contribution in [3.8, 4) is 5.75 Å². The van der Waals surface area contributed by atoms with E-state index in [1.165, 1.54) is 19.2 Å². The number of halogens is 1. The van der Waals surface area contributed by atoms with Crippen LogP contribution in [0.25, 0.3) is 5.31 Å². The minimum Gasteiger partial charge on any atom is -0.497 e. The van der Waals surface area contributed by atoms with Crippen molar-refractivity contribution in [1.82, 2.24) is 15.1 Å². The van der Waals surface area contributed by atoms with E-state index in [0.29, 0.717) is 19.9 Å². The Morgan fingerprint density at radius 2 is 2.08 bits per heavy atom. The van der Waals surface area contributed by atoms with Gasteiger partial charge in [-0.1, -0.05) is 14.7 Å². The van der Waals surface area contributed by atoms with Crippen LogP contribution in [-0.4, -0.2) is 54.8 Å². The van der Waals surface area contributed by atoms with Gasteiger partial charge in [-0.3, -0.25) is 4.79 Å². The SMILES string of the molecule is COc1cc(F)cc(C2=CC(=O)N3C=C(N4CCNCC4)C=CC3P2)c1. The minimum absolute atomic E-state index is 0.0107. The number of nitrogens with zero attached hydrogens (tertiary/aromatic N) is 2. The molecule has 7 heteroatoms. The number of piperazine rings is 1. The van der Waals surface area contributed by atoms with E-state index in [-0.39, 0.29) is 17.5 Å². The molecule has 3 aliphatic heterocycles. The molecule has 2 unspecified atom stereocenters. The molecule has 1 amide bonds. The molecule has 1 N–H and O–H groups in total. The summed E-state index contributed by atoms with van der Waals surface area (Å²) in [5.74, 6) is 0.0213. The van der Waals surface area contributed by atoms with Crippen LogP contribution < -0.4 is 10.1 Å². The number of nitrogens with one attached hydrogen (secondary N) is 1. The molecule has 1 fully saturated rings. The van der Waals surface area contributed by atoms with Crippen LogP contribution in [0, 0.1) is 5.82 Å². The van der Waals surface area contributed by atoms with Gasteiger partial charge in [0, 0.05) is 44.5 Å². The molecule has 0 radical (unpaired) electrons. The van der Waals surface area contributed by atoms with Crippen LogP contribution in [0.3, 0.4) is 0 Å². The zero-order valence-corrected chi connectivity index (χ0v) is 15.5. The normalized spacial score (nSPS) is 23.6. The second-order valence-corrected chi connectivity index (χ2v) is 7.84. The maximum Gasteiger partial charge on any atom is 0.252 e. The molecule has 0 spiro atoms. The molecule has 0 aliphatic carbocycles. The highest BCUT2D eigenvalue weighted by Crippen LogP contribution is 2.45. The Hall–Kier alpha value is -2.17. The Balaban J connectivity index is 1.59. The van der Waals surface area contributed by atoms with Gasteiger partial charge >= 0.3 is 0 Å². The van der Waals surface area contributed by atoms with E-state index >= 15 is 0 Å². The van der Waals surface area contributed by atoms with Crippen molar-refractivity contribution >= 4 is 19.8 Å². The molecular weight excluding hydrogens is 352 g/mol. The lowest BCUT2D eigenvalue weighted by atomic mass is 10.1. The van der Waals surface area contributed by atoms with Gasteiger partial charge in [0.1, 0.15) is 11.6 Å². The zero-order valence-electron chi connectivity index (χ0n) is 14.5. The second-order valence-electron chi connectivity index (χ2n) is 6.42. The molecule has 3 aliphatic rings. The lowest BCUT2D eigenvalue weighted by Crippen LogP contribution is -2.44. The summed E-state index contributed by atoms with van der Waals surface area (Å²) in [5.41, 5.74) is 1.78. The maximum atomic E-state index is 13.8. The predicted octanol–water partition coefficient (Wildman–Crippen LogP) is 2.34. The lowest BCUT2D eigenvalue weighted by Gasteiger charge is -2.37. The highest BCUT2D eigenvalue weighted by atomic mass is 31.1. The van der Waals surface area contributed by atoms with E-state index in [0.717, 1.165) is 37.2 Å². The van der Waals surface area contributed by atoms with Gasteiger partial charge in [0.2, 0.25) is 0 Å². The molecule has 3 heterocycles. The first-order valence-corrected chi connectivity index (χ1v) is 9.73. The molecule has 4 rings (SSSR count). The topological polar surface area (TPSA) is 44.8 Å². The summed E-state index contributed by atoms with van der Waals surface area (Å²) in [5, 5.41) is 4.19. The van der Waals surface area contributed by atoms with Gasteiger partial charge in [0.05, 0.1) is 18.6 Å². The van der Waals surface area contributed by atoms with Crippen LogP contribution in [0.1, 0.15) is 5.56 Å². The number of hydrogen-bond acceptors (Lipinski definition) is 4. The van der Waals surface area contributed by atoms with E-state index in [9.17, 15) is 9.18 Å². The van der Waals surface area contributed by atoms with Gasteiger partial charge in [-0.2, -0.15) is 0 Å². The van der Waals surface area contributed by atoms with Crippen LogP contribution in [0.15, 0.2) is 48.3 Å². The van der Waals surface area contributed by atoms with Gasteiger partial charge in [0.15, 0.2) is 0 Å². The fraction of sp³-hybridized carbons (Fsp3) is 0.316. The molecule has 1 aromatic rings. The molecule has 136 valence electrons. The molecule has 0 saturated carbocycles. The number of rotatable bonds is 3. The van der Waals surface area contributed by atoms with E-state index in [1.54, 1.807) is 17.0 Å². The molecule has 0 aromatic heterocycles. The Bertz CT molecular complexity index is 815. The number of amides is 1. The summed E-state index contributed by atoms with van der Waals surface area (Å²) in [6.45, 7) is 3.79. The molecule has 26 heavy (non-hydrogen) atoms. The average Bonchev–Trinajstić information content (AvgIpc) is 2.68. The monoisotopic (exact) mass is 373 g/mol. The molecule has 2 atom stereocenters. The fourth-order valence-electron chi connectivity index (χ4n) is 3.38. The average molecular weight is 373 g/mol. The van der Waals surface area contributed by atoms with Crippen molar-refractivity contribution in [1.29, 1.82) is 0 Å². The summed E-state index contributed by atoms with van der Waals surface area (Å²) >= 11 is 0. The number of carbonyl (C=O) groups is 1. The Kier molecular flexibility index (Phi) is 4.79. The highest BCUT2D eigenvalue weighted by molar-refractivity contribution is 7.51. The largest absolute Gasteiger partial charge is 0.497 e. The second kappa shape index (κ2) is 7.22. The number of carbonyl (C=O) groups excluding carboxylic acids is 1. The maximum absolute atomic E-state index is 13.8. The number of benzene rings is 1. The van der Waals surface area contributed by atoms with Gasteiger partial charge in [-0.25, -0.2) is 4.39 Å². The Labute approximate surface area is 154 Å². The van der Waals surface area contributed by atoms with Crippen molar-refractivity contribution in [3.63, 3.8) is 0 Å². The van der Waals surface area contributed by atoms with Crippen LogP contribution in [0.4, 0.5) is 4.39 Å². The standard InChI is InChI=1S/C19H21FN3O2P/c1-25-16-9-13(8-14(20)10-16)17-11-18(24)23-12-15(2-3-19(23)26-17)22-6-4-21-5-7-22/h2-3,8-12,19,21,26H,4-7H2,1H3.